The van der Waals surface area contributed by atoms with Crippen LogP contribution in [0, 0.1) is 0 Å². The Balaban J connectivity index is 1.63. The third kappa shape index (κ3) is 4.14. The molecule has 26 heavy (non-hydrogen) atoms. The number of hydrogen-bond acceptors (Lipinski definition) is 4. The molecule has 0 saturated heterocycles. The van der Waals surface area contributed by atoms with Gasteiger partial charge in [-0.05, 0) is 30.2 Å². The molecular weight excluding hydrogens is 332 g/mol. The molecule has 0 aromatic heterocycles. The second-order valence-corrected chi connectivity index (χ2v) is 6.05. The Labute approximate surface area is 152 Å². The summed E-state index contributed by atoms with van der Waals surface area (Å²) in [5.74, 6) is 0.205. The van der Waals surface area contributed by atoms with Gasteiger partial charge in [0.15, 0.2) is 11.5 Å². The number of nitrogens with one attached hydrogen (secondary N) is 2. The summed E-state index contributed by atoms with van der Waals surface area (Å²) < 4.78 is 10.9. The highest BCUT2D eigenvalue weighted by Crippen LogP contribution is 2.30. The van der Waals surface area contributed by atoms with Crippen molar-refractivity contribution >= 4 is 11.8 Å². The molecule has 2 N–H and O–H groups in total. The number of ether oxygens (including phenoxy) is 2. The minimum Gasteiger partial charge on any atom is -0.486 e. The van der Waals surface area contributed by atoms with E-state index >= 15 is 0 Å². The minimum atomic E-state index is -0.404. The fourth-order valence-corrected chi connectivity index (χ4v) is 2.89. The lowest BCUT2D eigenvalue weighted by Crippen LogP contribution is -2.44. The molecule has 0 spiro atoms. The van der Waals surface area contributed by atoms with Crippen LogP contribution >= 0.6 is 0 Å². The van der Waals surface area contributed by atoms with Gasteiger partial charge in [0.1, 0.15) is 13.2 Å². The van der Waals surface area contributed by atoms with Gasteiger partial charge in [-0.3, -0.25) is 20.4 Å². The number of carbonyl (C=O) groups is 2. The summed E-state index contributed by atoms with van der Waals surface area (Å²) >= 11 is 0. The average molecular weight is 354 g/mol. The van der Waals surface area contributed by atoms with Crippen molar-refractivity contribution in [2.24, 2.45) is 0 Å². The number of fused-ring (bicyclic) bond motifs is 1. The zero-order valence-electron chi connectivity index (χ0n) is 14.7. The Morgan fingerprint density at radius 3 is 2.46 bits per heavy atom. The minimum absolute atomic E-state index is 0.232. The largest absolute Gasteiger partial charge is 0.486 e. The lowest BCUT2D eigenvalue weighted by molar-refractivity contribution is -0.123. The smallest absolute Gasteiger partial charge is 0.269 e. The summed E-state index contributed by atoms with van der Waals surface area (Å²) in [6.07, 6.45) is 1.57. The van der Waals surface area contributed by atoms with Crippen molar-refractivity contribution in [3.05, 3.63) is 59.7 Å². The summed E-state index contributed by atoms with van der Waals surface area (Å²) in [6, 6.07) is 14.5. The number of carbonyl (C=O) groups excluding carboxylic acids is 2. The maximum Gasteiger partial charge on any atom is 0.269 e. The highest BCUT2D eigenvalue weighted by atomic mass is 16.6. The van der Waals surface area contributed by atoms with Gasteiger partial charge in [0, 0.05) is 5.56 Å². The molecule has 2 amide bonds. The zero-order chi connectivity index (χ0) is 18.4. The molecule has 1 aliphatic heterocycles. The molecule has 6 nitrogen and oxygen atoms in total. The van der Waals surface area contributed by atoms with Crippen molar-refractivity contribution in [3.8, 4) is 11.5 Å². The van der Waals surface area contributed by atoms with E-state index in [1.807, 2.05) is 37.3 Å². The van der Waals surface area contributed by atoms with Crippen molar-refractivity contribution < 1.29 is 19.1 Å². The van der Waals surface area contributed by atoms with Gasteiger partial charge in [-0.15, -0.1) is 0 Å². The first-order valence-corrected chi connectivity index (χ1v) is 8.74. The average Bonchev–Trinajstić information content (AvgIpc) is 2.70. The second-order valence-electron chi connectivity index (χ2n) is 6.05. The topological polar surface area (TPSA) is 76.7 Å². The van der Waals surface area contributed by atoms with Crippen LogP contribution in [-0.2, 0) is 4.79 Å². The van der Waals surface area contributed by atoms with Crippen molar-refractivity contribution in [1.82, 2.24) is 10.9 Å². The number of benzene rings is 2. The van der Waals surface area contributed by atoms with E-state index in [9.17, 15) is 9.59 Å². The van der Waals surface area contributed by atoms with Crippen LogP contribution in [0.5, 0.6) is 11.5 Å². The van der Waals surface area contributed by atoms with Crippen LogP contribution in [0.1, 0.15) is 41.6 Å². The van der Waals surface area contributed by atoms with Gasteiger partial charge < -0.3 is 9.47 Å². The first kappa shape index (κ1) is 17.8. The highest BCUT2D eigenvalue weighted by Gasteiger charge is 2.21. The normalized spacial score (nSPS) is 13.6. The maximum atomic E-state index is 12.5. The van der Waals surface area contributed by atoms with Crippen LogP contribution in [0.15, 0.2) is 48.5 Å². The van der Waals surface area contributed by atoms with Gasteiger partial charge in [-0.25, -0.2) is 0 Å². The van der Waals surface area contributed by atoms with Gasteiger partial charge in [0.25, 0.3) is 5.91 Å². The van der Waals surface area contributed by atoms with Gasteiger partial charge in [-0.1, -0.05) is 43.7 Å². The van der Waals surface area contributed by atoms with Crippen LogP contribution in [0.25, 0.3) is 0 Å². The van der Waals surface area contributed by atoms with Gasteiger partial charge in [0.05, 0.1) is 5.92 Å². The lowest BCUT2D eigenvalue weighted by Gasteiger charge is -2.19. The Bertz CT molecular complexity index is 777. The van der Waals surface area contributed by atoms with E-state index in [-0.39, 0.29) is 11.8 Å². The van der Waals surface area contributed by atoms with Crippen molar-refractivity contribution in [1.29, 1.82) is 0 Å². The van der Waals surface area contributed by atoms with E-state index in [2.05, 4.69) is 10.9 Å². The van der Waals surface area contributed by atoms with Crippen LogP contribution in [0.2, 0.25) is 0 Å². The molecule has 0 radical (unpaired) electrons. The van der Waals surface area contributed by atoms with Gasteiger partial charge in [-0.2, -0.15) is 0 Å². The Morgan fingerprint density at radius 2 is 1.73 bits per heavy atom. The van der Waals surface area contributed by atoms with Crippen LogP contribution in [0.3, 0.4) is 0 Å². The molecule has 2 aromatic carbocycles. The Hall–Kier alpha value is -3.02. The van der Waals surface area contributed by atoms with Crippen molar-refractivity contribution in [2.45, 2.75) is 25.7 Å². The van der Waals surface area contributed by atoms with Gasteiger partial charge in [0.2, 0.25) is 5.91 Å². The fraction of sp³-hybridized carbons (Fsp3) is 0.300. The number of hydrazine groups is 1. The molecule has 3 rings (SSSR count). The van der Waals surface area contributed by atoms with E-state index in [0.29, 0.717) is 36.7 Å². The monoisotopic (exact) mass is 354 g/mol. The van der Waals surface area contributed by atoms with Crippen LogP contribution < -0.4 is 20.3 Å². The summed E-state index contributed by atoms with van der Waals surface area (Å²) in [6.45, 7) is 2.97. The molecule has 0 aliphatic carbocycles. The number of amides is 2. The molecule has 136 valence electrons. The number of rotatable bonds is 5. The first-order valence-electron chi connectivity index (χ1n) is 8.74. The summed E-state index contributed by atoms with van der Waals surface area (Å²) in [5, 5.41) is 0. The van der Waals surface area contributed by atoms with Gasteiger partial charge >= 0.3 is 0 Å². The molecule has 1 heterocycles. The van der Waals surface area contributed by atoms with Crippen molar-refractivity contribution in [3.63, 3.8) is 0 Å². The SMILES string of the molecule is CCCC(C(=O)NNC(=O)c1ccc2c(c1)OCCO2)c1ccccc1. The molecule has 0 fully saturated rings. The van der Waals surface area contributed by atoms with Crippen LogP contribution in [-0.4, -0.2) is 25.0 Å². The molecular formula is C20H22N2O4. The molecule has 1 unspecified atom stereocenters. The molecule has 6 heteroatoms. The summed E-state index contributed by atoms with van der Waals surface area (Å²) in [7, 11) is 0. The summed E-state index contributed by atoms with van der Waals surface area (Å²) in [5.41, 5.74) is 6.33. The molecule has 2 aromatic rings. The highest BCUT2D eigenvalue weighted by molar-refractivity contribution is 5.96. The van der Waals surface area contributed by atoms with E-state index in [0.717, 1.165) is 12.0 Å². The molecule has 0 saturated carbocycles. The number of hydrogen-bond donors (Lipinski definition) is 2. The molecule has 0 bridgehead atoms. The Morgan fingerprint density at radius 1 is 1.00 bits per heavy atom. The predicted molar refractivity (Wildman–Crippen MR) is 97.1 cm³/mol. The Kier molecular flexibility index (Phi) is 5.73. The van der Waals surface area contributed by atoms with E-state index < -0.39 is 5.91 Å². The fourth-order valence-electron chi connectivity index (χ4n) is 2.89. The predicted octanol–water partition coefficient (Wildman–Crippen LogP) is 2.80. The second kappa shape index (κ2) is 8.38. The summed E-state index contributed by atoms with van der Waals surface area (Å²) in [4.78, 5) is 24.9. The quantitative estimate of drug-likeness (QED) is 0.810. The van der Waals surface area contributed by atoms with E-state index in [1.54, 1.807) is 18.2 Å². The molecule has 1 atom stereocenters. The lowest BCUT2D eigenvalue weighted by atomic mass is 9.94. The van der Waals surface area contributed by atoms with E-state index in [4.69, 9.17) is 9.47 Å². The van der Waals surface area contributed by atoms with E-state index in [1.165, 1.54) is 0 Å². The molecule has 1 aliphatic rings. The third-order valence-corrected chi connectivity index (χ3v) is 4.20. The maximum absolute atomic E-state index is 12.5. The third-order valence-electron chi connectivity index (χ3n) is 4.20. The first-order chi connectivity index (χ1) is 12.7. The standard InChI is InChI=1S/C20H22N2O4/c1-2-6-16(14-7-4-3-5-8-14)20(24)22-21-19(23)15-9-10-17-18(13-15)26-12-11-25-17/h3-5,7-10,13,16H,2,6,11-12H2,1H3,(H,21,23)(H,22,24). The van der Waals surface area contributed by atoms with Crippen LogP contribution in [0.4, 0.5) is 0 Å². The van der Waals surface area contributed by atoms with Crippen molar-refractivity contribution in [2.75, 3.05) is 13.2 Å². The zero-order valence-corrected chi connectivity index (χ0v) is 14.7.